The maximum atomic E-state index is 13.7. The number of halogens is 6. The number of nitrogens with one attached hydrogen (secondary N) is 1. The van der Waals surface area contributed by atoms with Gasteiger partial charge in [0.2, 0.25) is 10.0 Å². The molecule has 0 amide bonds. The van der Waals surface area contributed by atoms with Crippen LogP contribution >= 0.6 is 11.3 Å². The Bertz CT molecular complexity index is 1060. The molecule has 0 spiro atoms. The van der Waals surface area contributed by atoms with Crippen LogP contribution in [0.2, 0.25) is 0 Å². The lowest BCUT2D eigenvalue weighted by Gasteiger charge is -2.25. The number of rotatable bonds is 14. The number of thiophene rings is 1. The molecule has 5 nitrogen and oxygen atoms in total. The Morgan fingerprint density at radius 2 is 1.68 bits per heavy atom. The van der Waals surface area contributed by atoms with E-state index < -0.39 is 59.2 Å². The minimum Gasteiger partial charge on any atom is -0.481 e. The number of benzene rings is 1. The SMILES string of the molecule is O=C(O)CCCc1ccc(C(CCCC(F)(F)C(F)(F)CF)NS(=O)(=O)c2ccc(F)cc2)s1. The fraction of sp³-hybridized carbons (Fsp3) is 0.476. The largest absolute Gasteiger partial charge is 0.481 e. The van der Waals surface area contributed by atoms with Crippen molar-refractivity contribution in [2.24, 2.45) is 0 Å². The second-order valence-corrected chi connectivity index (χ2v) is 10.5. The first-order chi connectivity index (χ1) is 15.8. The topological polar surface area (TPSA) is 83.5 Å². The lowest BCUT2D eigenvalue weighted by molar-refractivity contribution is -0.219. The zero-order valence-electron chi connectivity index (χ0n) is 17.7. The van der Waals surface area contributed by atoms with Gasteiger partial charge in [0.1, 0.15) is 5.82 Å². The van der Waals surface area contributed by atoms with E-state index in [2.05, 4.69) is 4.72 Å². The third-order valence-electron chi connectivity index (χ3n) is 4.95. The summed E-state index contributed by atoms with van der Waals surface area (Å²) in [5.74, 6) is -11.1. The Morgan fingerprint density at radius 1 is 1.03 bits per heavy atom. The van der Waals surface area contributed by atoms with Crippen molar-refractivity contribution in [3.8, 4) is 0 Å². The van der Waals surface area contributed by atoms with Gasteiger partial charge in [-0.2, -0.15) is 17.6 Å². The molecule has 190 valence electrons. The molecule has 0 saturated carbocycles. The van der Waals surface area contributed by atoms with E-state index >= 15 is 0 Å². The highest BCUT2D eigenvalue weighted by atomic mass is 32.2. The summed E-state index contributed by atoms with van der Waals surface area (Å²) in [5.41, 5.74) is 0. The van der Waals surface area contributed by atoms with Crippen LogP contribution in [0.15, 0.2) is 41.3 Å². The van der Waals surface area contributed by atoms with Gasteiger partial charge < -0.3 is 5.11 Å². The molecule has 1 atom stereocenters. The average Bonchev–Trinajstić information content (AvgIpc) is 3.21. The van der Waals surface area contributed by atoms with Crippen molar-refractivity contribution >= 4 is 27.3 Å². The summed E-state index contributed by atoms with van der Waals surface area (Å²) in [6.07, 6.45) is -1.58. The minimum atomic E-state index is -4.84. The number of sulfonamides is 1. The van der Waals surface area contributed by atoms with Gasteiger partial charge in [0.25, 0.3) is 0 Å². The lowest BCUT2D eigenvalue weighted by Crippen LogP contribution is -2.42. The number of alkyl halides is 5. The zero-order chi connectivity index (χ0) is 25.6. The van der Waals surface area contributed by atoms with E-state index in [9.17, 15) is 39.6 Å². The second-order valence-electron chi connectivity index (χ2n) is 7.61. The van der Waals surface area contributed by atoms with Crippen molar-refractivity contribution in [1.29, 1.82) is 0 Å². The van der Waals surface area contributed by atoms with E-state index in [1.807, 2.05) is 0 Å². The van der Waals surface area contributed by atoms with Crippen LogP contribution in [0.5, 0.6) is 0 Å². The smallest absolute Gasteiger partial charge is 0.337 e. The summed E-state index contributed by atoms with van der Waals surface area (Å²) >= 11 is 1.12. The molecule has 1 heterocycles. The number of aliphatic carboxylic acids is 1. The molecule has 1 unspecified atom stereocenters. The summed E-state index contributed by atoms with van der Waals surface area (Å²) in [7, 11) is -4.23. The molecule has 1 aromatic carbocycles. The third-order valence-corrected chi connectivity index (χ3v) is 7.69. The van der Waals surface area contributed by atoms with Gasteiger partial charge in [-0.25, -0.2) is 21.9 Å². The first kappa shape index (κ1) is 28.1. The van der Waals surface area contributed by atoms with Crippen LogP contribution in [-0.4, -0.2) is 38.0 Å². The van der Waals surface area contributed by atoms with Crippen LogP contribution in [0.1, 0.15) is 47.9 Å². The molecule has 0 radical (unpaired) electrons. The molecule has 0 fully saturated rings. The average molecular weight is 532 g/mol. The number of aryl methyl sites for hydroxylation is 1. The molecule has 0 aliphatic carbocycles. The second kappa shape index (κ2) is 11.5. The van der Waals surface area contributed by atoms with Gasteiger partial charge in [-0.05, 0) is 62.1 Å². The van der Waals surface area contributed by atoms with Crippen LogP contribution < -0.4 is 4.72 Å². The molecule has 2 aromatic rings. The molecule has 0 bridgehead atoms. The fourth-order valence-electron chi connectivity index (χ4n) is 3.07. The van der Waals surface area contributed by atoms with Crippen molar-refractivity contribution in [2.45, 2.75) is 61.3 Å². The standard InChI is InChI=1S/C21H23F6NO4S2/c22-13-21(26,27)20(24,25)12-2-4-17(18-11-8-15(33-18)3-1-5-19(29)30)28-34(31,32)16-9-6-14(23)7-10-16/h6-11,17,28H,1-5,12-13H2,(H,29,30). The van der Waals surface area contributed by atoms with Crippen molar-refractivity contribution < 1.29 is 44.7 Å². The highest BCUT2D eigenvalue weighted by Crippen LogP contribution is 2.39. The van der Waals surface area contributed by atoms with E-state index in [1.165, 1.54) is 6.07 Å². The molecule has 0 saturated heterocycles. The summed E-state index contributed by atoms with van der Waals surface area (Å²) in [6.45, 7) is -2.52. The molecular weight excluding hydrogens is 508 g/mol. The van der Waals surface area contributed by atoms with Crippen molar-refractivity contribution in [3.63, 3.8) is 0 Å². The predicted molar refractivity (Wildman–Crippen MR) is 114 cm³/mol. The van der Waals surface area contributed by atoms with Crippen LogP contribution in [0.25, 0.3) is 0 Å². The number of carboxylic acid groups (broad SMARTS) is 1. The van der Waals surface area contributed by atoms with Crippen molar-refractivity contribution in [1.82, 2.24) is 4.72 Å². The first-order valence-electron chi connectivity index (χ1n) is 10.2. The molecule has 0 aliphatic rings. The molecule has 2 N–H and O–H groups in total. The quantitative estimate of drug-likeness (QED) is 0.305. The van der Waals surface area contributed by atoms with Crippen LogP contribution in [-0.2, 0) is 21.2 Å². The number of hydrogen-bond acceptors (Lipinski definition) is 4. The Hall–Kier alpha value is -2.12. The fourth-order valence-corrected chi connectivity index (χ4v) is 5.53. The van der Waals surface area contributed by atoms with Gasteiger partial charge in [0.05, 0.1) is 10.9 Å². The van der Waals surface area contributed by atoms with Gasteiger partial charge in [0, 0.05) is 22.6 Å². The van der Waals surface area contributed by atoms with E-state index in [-0.39, 0.29) is 17.7 Å². The molecule has 1 aromatic heterocycles. The van der Waals surface area contributed by atoms with Gasteiger partial charge in [-0.1, -0.05) is 0 Å². The predicted octanol–water partition coefficient (Wildman–Crippen LogP) is 5.72. The Morgan fingerprint density at radius 3 is 2.26 bits per heavy atom. The number of hydrogen-bond donors (Lipinski definition) is 2. The van der Waals surface area contributed by atoms with Gasteiger partial charge in [-0.15, -0.1) is 11.3 Å². The number of carboxylic acids is 1. The molecular formula is C21H23F6NO4S2. The Labute approximate surface area is 196 Å². The first-order valence-corrected chi connectivity index (χ1v) is 12.5. The molecule has 2 rings (SSSR count). The molecule has 0 aliphatic heterocycles. The van der Waals surface area contributed by atoms with Gasteiger partial charge in [-0.3, -0.25) is 4.79 Å². The van der Waals surface area contributed by atoms with Crippen molar-refractivity contribution in [3.05, 3.63) is 52.0 Å². The summed E-state index contributed by atoms with van der Waals surface area (Å²) in [5, 5.41) is 8.74. The molecule has 13 heteroatoms. The maximum Gasteiger partial charge on any atom is 0.337 e. The summed E-state index contributed by atoms with van der Waals surface area (Å²) in [6, 6.07) is 5.96. The highest BCUT2D eigenvalue weighted by molar-refractivity contribution is 7.89. The van der Waals surface area contributed by atoms with Crippen LogP contribution in [0.4, 0.5) is 26.3 Å². The zero-order valence-corrected chi connectivity index (χ0v) is 19.4. The van der Waals surface area contributed by atoms with Crippen molar-refractivity contribution in [2.75, 3.05) is 6.67 Å². The minimum absolute atomic E-state index is 0.0777. The maximum absolute atomic E-state index is 13.7. The van der Waals surface area contributed by atoms with Gasteiger partial charge >= 0.3 is 17.8 Å². The summed E-state index contributed by atoms with van der Waals surface area (Å²) < 4.78 is 107. The highest BCUT2D eigenvalue weighted by Gasteiger charge is 2.55. The van der Waals surface area contributed by atoms with E-state index in [1.54, 1.807) is 6.07 Å². The van der Waals surface area contributed by atoms with Crippen LogP contribution in [0, 0.1) is 5.82 Å². The van der Waals surface area contributed by atoms with E-state index in [0.717, 1.165) is 40.5 Å². The lowest BCUT2D eigenvalue weighted by atomic mass is 10.0. The van der Waals surface area contributed by atoms with Gasteiger partial charge in [0.15, 0.2) is 6.67 Å². The third kappa shape index (κ3) is 7.70. The molecule has 34 heavy (non-hydrogen) atoms. The Balaban J connectivity index is 2.20. The monoisotopic (exact) mass is 531 g/mol. The van der Waals surface area contributed by atoms with E-state index in [0.29, 0.717) is 17.7 Å². The Kier molecular flexibility index (Phi) is 9.54. The normalized spacial score (nSPS) is 13.7. The van der Waals surface area contributed by atoms with E-state index in [4.69, 9.17) is 5.11 Å². The summed E-state index contributed by atoms with van der Waals surface area (Å²) in [4.78, 5) is 11.5. The van der Waals surface area contributed by atoms with Crippen LogP contribution in [0.3, 0.4) is 0 Å². The number of carbonyl (C=O) groups is 1.